The van der Waals surface area contributed by atoms with Crippen molar-refractivity contribution in [3.05, 3.63) is 42.7 Å². The van der Waals surface area contributed by atoms with Crippen molar-refractivity contribution in [1.82, 2.24) is 0 Å². The molecule has 1 aromatic carbocycles. The van der Waals surface area contributed by atoms with E-state index in [1.165, 1.54) is 75.6 Å². The average Bonchev–Trinajstić information content (AvgIpc) is 2.79. The molecule has 3 saturated carbocycles. The number of hydrogen-bond donors (Lipinski definition) is 0. The average molecular weight is 413 g/mol. The summed E-state index contributed by atoms with van der Waals surface area (Å²) in [5.41, 5.74) is 0. The van der Waals surface area contributed by atoms with Crippen LogP contribution in [0.4, 0.5) is 4.39 Å². The van der Waals surface area contributed by atoms with Gasteiger partial charge in [-0.1, -0.05) is 12.5 Å². The highest BCUT2D eigenvalue weighted by molar-refractivity contribution is 5.75. The number of carbonyl (C=O) groups excluding carboxylic acids is 1. The van der Waals surface area contributed by atoms with E-state index in [1.807, 2.05) is 0 Å². The molecule has 4 rings (SSSR count). The molecule has 0 amide bonds. The molecular formula is C27H37FO2. The molecule has 0 saturated heterocycles. The first-order chi connectivity index (χ1) is 14.6. The molecule has 0 aromatic heterocycles. The topological polar surface area (TPSA) is 26.3 Å². The summed E-state index contributed by atoms with van der Waals surface area (Å²) in [5, 5.41) is 0. The fourth-order valence-electron chi connectivity index (χ4n) is 6.59. The molecule has 0 bridgehead atoms. The molecule has 4 unspecified atom stereocenters. The summed E-state index contributed by atoms with van der Waals surface area (Å²) in [6.07, 6.45) is 17.4. The highest BCUT2D eigenvalue weighted by Crippen LogP contribution is 2.49. The van der Waals surface area contributed by atoms with Crippen molar-refractivity contribution in [2.24, 2.45) is 35.5 Å². The van der Waals surface area contributed by atoms with Gasteiger partial charge < -0.3 is 4.74 Å². The van der Waals surface area contributed by atoms with Gasteiger partial charge in [-0.15, -0.1) is 6.58 Å². The Morgan fingerprint density at radius 3 is 2.20 bits per heavy atom. The van der Waals surface area contributed by atoms with Crippen molar-refractivity contribution in [3.8, 4) is 5.75 Å². The van der Waals surface area contributed by atoms with E-state index in [-0.39, 0.29) is 17.7 Å². The van der Waals surface area contributed by atoms with Gasteiger partial charge in [0.1, 0.15) is 11.6 Å². The Morgan fingerprint density at radius 2 is 1.50 bits per heavy atom. The van der Waals surface area contributed by atoms with Gasteiger partial charge in [-0.2, -0.15) is 0 Å². The first-order valence-electron chi connectivity index (χ1n) is 12.2. The van der Waals surface area contributed by atoms with E-state index < -0.39 is 0 Å². The molecule has 4 atom stereocenters. The summed E-state index contributed by atoms with van der Waals surface area (Å²) in [7, 11) is 0. The van der Waals surface area contributed by atoms with Gasteiger partial charge in [0.2, 0.25) is 0 Å². The van der Waals surface area contributed by atoms with Crippen LogP contribution in [0, 0.1) is 41.3 Å². The Balaban J connectivity index is 1.22. The van der Waals surface area contributed by atoms with Crippen molar-refractivity contribution in [2.75, 3.05) is 0 Å². The zero-order valence-corrected chi connectivity index (χ0v) is 18.2. The summed E-state index contributed by atoms with van der Waals surface area (Å²) < 4.78 is 18.5. The van der Waals surface area contributed by atoms with Crippen LogP contribution in [-0.4, -0.2) is 5.97 Å². The van der Waals surface area contributed by atoms with Crippen LogP contribution in [-0.2, 0) is 4.79 Å². The second-order valence-electron chi connectivity index (χ2n) is 10.1. The number of carbonyl (C=O) groups is 1. The Labute approximate surface area is 181 Å². The maximum atomic E-state index is 13.0. The molecule has 0 radical (unpaired) electrons. The first kappa shape index (κ1) is 21.6. The molecule has 3 aliphatic rings. The minimum absolute atomic E-state index is 0.00272. The maximum Gasteiger partial charge on any atom is 0.314 e. The van der Waals surface area contributed by atoms with Crippen molar-refractivity contribution in [2.45, 2.75) is 77.0 Å². The third-order valence-corrected chi connectivity index (χ3v) is 8.35. The van der Waals surface area contributed by atoms with Gasteiger partial charge in [0.25, 0.3) is 0 Å². The smallest absolute Gasteiger partial charge is 0.314 e. The van der Waals surface area contributed by atoms with Gasteiger partial charge in [-0.05, 0) is 124 Å². The number of benzene rings is 1. The van der Waals surface area contributed by atoms with Crippen LogP contribution < -0.4 is 4.74 Å². The van der Waals surface area contributed by atoms with E-state index in [0.717, 1.165) is 55.3 Å². The van der Waals surface area contributed by atoms with E-state index in [0.29, 0.717) is 5.75 Å². The van der Waals surface area contributed by atoms with E-state index in [4.69, 9.17) is 4.74 Å². The van der Waals surface area contributed by atoms with Crippen LogP contribution in [0.15, 0.2) is 36.9 Å². The summed E-state index contributed by atoms with van der Waals surface area (Å²) in [6, 6.07) is 5.73. The van der Waals surface area contributed by atoms with Crippen LogP contribution in [0.3, 0.4) is 0 Å². The van der Waals surface area contributed by atoms with Gasteiger partial charge in [-0.3, -0.25) is 4.79 Å². The number of halogens is 1. The largest absolute Gasteiger partial charge is 0.426 e. The third kappa shape index (κ3) is 5.34. The predicted octanol–water partition coefficient (Wildman–Crippen LogP) is 7.34. The van der Waals surface area contributed by atoms with Crippen molar-refractivity contribution in [3.63, 3.8) is 0 Å². The lowest BCUT2D eigenvalue weighted by molar-refractivity contribution is -0.140. The maximum absolute atomic E-state index is 13.0. The van der Waals surface area contributed by atoms with Gasteiger partial charge >= 0.3 is 5.97 Å². The van der Waals surface area contributed by atoms with Crippen LogP contribution in [0.1, 0.15) is 77.0 Å². The fourth-order valence-corrected chi connectivity index (χ4v) is 6.59. The Kier molecular flexibility index (Phi) is 7.28. The van der Waals surface area contributed by atoms with E-state index >= 15 is 0 Å². The monoisotopic (exact) mass is 412 g/mol. The second kappa shape index (κ2) is 10.1. The Bertz CT molecular complexity index is 704. The molecule has 1 aromatic rings. The molecule has 0 aliphatic heterocycles. The molecule has 0 heterocycles. The van der Waals surface area contributed by atoms with Crippen LogP contribution in [0.2, 0.25) is 0 Å². The molecule has 30 heavy (non-hydrogen) atoms. The van der Waals surface area contributed by atoms with Crippen molar-refractivity contribution >= 4 is 5.97 Å². The normalized spacial score (nSPS) is 34.0. The number of esters is 1. The molecule has 3 fully saturated rings. The number of allylic oxidation sites excluding steroid dienone is 1. The summed E-state index contributed by atoms with van der Waals surface area (Å²) >= 11 is 0. The summed E-state index contributed by atoms with van der Waals surface area (Å²) in [4.78, 5) is 12.5. The van der Waals surface area contributed by atoms with Crippen molar-refractivity contribution in [1.29, 1.82) is 0 Å². The van der Waals surface area contributed by atoms with Gasteiger partial charge in [0, 0.05) is 0 Å². The lowest BCUT2D eigenvalue weighted by Crippen LogP contribution is -2.35. The standard InChI is InChI=1S/C27H37FO2/c1-2-3-4-19-5-6-24-18-23(12-11-22(24)17-19)20-7-9-21(10-8-20)27(29)30-26-15-13-25(28)14-16-26/h2,13-16,19-24H,1,3-12,17-18H2. The van der Waals surface area contributed by atoms with Gasteiger partial charge in [-0.25, -0.2) is 4.39 Å². The molecule has 164 valence electrons. The van der Waals surface area contributed by atoms with E-state index in [2.05, 4.69) is 12.7 Å². The van der Waals surface area contributed by atoms with E-state index in [1.54, 1.807) is 0 Å². The number of fused-ring (bicyclic) bond motifs is 1. The third-order valence-electron chi connectivity index (χ3n) is 8.35. The van der Waals surface area contributed by atoms with Gasteiger partial charge in [0.05, 0.1) is 5.92 Å². The molecule has 0 spiro atoms. The molecule has 3 aliphatic carbocycles. The molecule has 0 N–H and O–H groups in total. The summed E-state index contributed by atoms with van der Waals surface area (Å²) in [6.45, 7) is 3.89. The highest BCUT2D eigenvalue weighted by Gasteiger charge is 2.39. The Hall–Kier alpha value is -1.64. The number of rotatable bonds is 6. The minimum atomic E-state index is -0.310. The number of hydrogen-bond acceptors (Lipinski definition) is 2. The summed E-state index contributed by atoms with van der Waals surface area (Å²) in [5.74, 6) is 4.51. The lowest BCUT2D eigenvalue weighted by atomic mass is 9.60. The predicted molar refractivity (Wildman–Crippen MR) is 119 cm³/mol. The second-order valence-corrected chi connectivity index (χ2v) is 10.1. The highest BCUT2D eigenvalue weighted by atomic mass is 19.1. The first-order valence-corrected chi connectivity index (χ1v) is 12.2. The number of ether oxygens (including phenoxy) is 1. The zero-order chi connectivity index (χ0) is 20.9. The molecule has 2 nitrogen and oxygen atoms in total. The molecular weight excluding hydrogens is 375 g/mol. The molecule has 3 heteroatoms. The van der Waals surface area contributed by atoms with E-state index in [9.17, 15) is 9.18 Å². The van der Waals surface area contributed by atoms with Crippen LogP contribution >= 0.6 is 0 Å². The SMILES string of the molecule is C=CCCC1CCC2CC(C3CCC(C(=O)Oc4ccc(F)cc4)CC3)CCC2C1. The van der Waals surface area contributed by atoms with Crippen LogP contribution in [0.5, 0.6) is 5.75 Å². The van der Waals surface area contributed by atoms with Crippen LogP contribution in [0.25, 0.3) is 0 Å². The Morgan fingerprint density at radius 1 is 0.900 bits per heavy atom. The zero-order valence-electron chi connectivity index (χ0n) is 18.2. The van der Waals surface area contributed by atoms with Crippen molar-refractivity contribution < 1.29 is 13.9 Å². The minimum Gasteiger partial charge on any atom is -0.426 e. The quantitative estimate of drug-likeness (QED) is 0.278. The van der Waals surface area contributed by atoms with Gasteiger partial charge in [0.15, 0.2) is 0 Å². The fraction of sp³-hybridized carbons (Fsp3) is 0.667. The lowest BCUT2D eigenvalue weighted by Gasteiger charge is -2.45.